The summed E-state index contributed by atoms with van der Waals surface area (Å²) in [5.41, 5.74) is 34.6. The lowest BCUT2D eigenvalue weighted by molar-refractivity contribution is 1.20. The quantitative estimate of drug-likeness (QED) is 0.115. The molecular formula is C130H82N6. The van der Waals surface area contributed by atoms with Crippen molar-refractivity contribution < 1.29 is 0 Å². The van der Waals surface area contributed by atoms with Gasteiger partial charge in [-0.25, -0.2) is 19.9 Å². The minimum Gasteiger partial charge on any atom is -0.309 e. The number of fused-ring (bicyclic) bond motifs is 18. The molecule has 0 saturated heterocycles. The third-order valence-electron chi connectivity index (χ3n) is 27.6. The number of nitrogens with zero attached hydrogens (tertiary/aromatic N) is 6. The van der Waals surface area contributed by atoms with Crippen molar-refractivity contribution in [3.8, 4) is 134 Å². The molecule has 0 saturated carbocycles. The number of para-hydroxylation sites is 4. The van der Waals surface area contributed by atoms with Crippen LogP contribution >= 0.6 is 0 Å². The lowest BCUT2D eigenvalue weighted by Gasteiger charge is -2.17. The Morgan fingerprint density at radius 2 is 0.404 bits per heavy atom. The summed E-state index contributed by atoms with van der Waals surface area (Å²) in [6.45, 7) is 0. The Bertz CT molecular complexity index is 9440. The summed E-state index contributed by atoms with van der Waals surface area (Å²) in [6.07, 6.45) is 0. The molecule has 27 aromatic rings. The van der Waals surface area contributed by atoms with Gasteiger partial charge in [0.25, 0.3) is 0 Å². The van der Waals surface area contributed by atoms with Gasteiger partial charge < -0.3 is 9.13 Å². The van der Waals surface area contributed by atoms with Crippen LogP contribution in [-0.4, -0.2) is 29.1 Å². The molecule has 0 aliphatic rings. The van der Waals surface area contributed by atoms with Crippen LogP contribution in [0.4, 0.5) is 0 Å². The molecule has 0 unspecified atom stereocenters. The summed E-state index contributed by atoms with van der Waals surface area (Å²) >= 11 is 0. The molecule has 6 heteroatoms. The van der Waals surface area contributed by atoms with Crippen LogP contribution in [0.1, 0.15) is 0 Å². The van der Waals surface area contributed by atoms with E-state index in [1.54, 1.807) is 0 Å². The van der Waals surface area contributed by atoms with Crippen LogP contribution in [0, 0.1) is 0 Å². The van der Waals surface area contributed by atoms with Crippen molar-refractivity contribution in [2.75, 3.05) is 0 Å². The van der Waals surface area contributed by atoms with Crippen LogP contribution in [-0.2, 0) is 0 Å². The molecule has 4 heterocycles. The second kappa shape index (κ2) is 33.1. The maximum absolute atomic E-state index is 5.46. The van der Waals surface area contributed by atoms with Crippen LogP contribution in [0.15, 0.2) is 497 Å². The first-order valence-electron chi connectivity index (χ1n) is 46.5. The molecule has 136 heavy (non-hydrogen) atoms. The molecule has 0 bridgehead atoms. The Kier molecular flexibility index (Phi) is 19.2. The number of hydrogen-bond donors (Lipinski definition) is 0. The Hall–Kier alpha value is -18.1. The van der Waals surface area contributed by atoms with Crippen molar-refractivity contribution in [1.82, 2.24) is 29.1 Å². The van der Waals surface area contributed by atoms with Gasteiger partial charge in [0.15, 0.2) is 0 Å². The van der Waals surface area contributed by atoms with Gasteiger partial charge in [-0.2, -0.15) is 0 Å². The second-order valence-corrected chi connectivity index (χ2v) is 35.3. The first-order valence-corrected chi connectivity index (χ1v) is 46.5. The second-order valence-electron chi connectivity index (χ2n) is 35.3. The van der Waals surface area contributed by atoms with Crippen molar-refractivity contribution >= 4 is 130 Å². The molecule has 6 nitrogen and oxygen atoms in total. The molecular weight excluding hydrogens is 1650 g/mol. The maximum Gasteiger partial charge on any atom is 0.0979 e. The fourth-order valence-electron chi connectivity index (χ4n) is 21.1. The standard InChI is InChI=1S/C68H43N3.C62H39N3/c1-3-17-44(18-4-1)49-22-15-23-50(41-49)46-33-35-48(36-34-46)67-68(70-61-32-14-13-31-60(61)69-67)58-38-40-62(56-29-11-9-27-54(56)58)71-63-39-37-47-21-7-8-26-53(47)65(63)66-57-30-12-10-28-55(57)59(43-64(66)71)52-25-16-24-51(42-52)45-19-5-2-6-20-45;1-3-13-40(14-4-1)42-23-25-43(26-24-42)44-27-29-46(30-28-44)61-62(64-55-22-12-11-21-54(55)63-61)53-35-38-56(52-20-10-9-19-51(52)53)65-57-36-32-45-17-7-8-18-49(45)59(57)60-50-34-31-47(41-15-5-2-6-16-41)39-48(50)33-37-58(60)65/h1-43H;1-39H. The van der Waals surface area contributed by atoms with E-state index in [2.05, 4.69) is 482 Å². The topological polar surface area (TPSA) is 61.4 Å². The van der Waals surface area contributed by atoms with Crippen molar-refractivity contribution in [2.45, 2.75) is 0 Å². The molecule has 0 aliphatic heterocycles. The van der Waals surface area contributed by atoms with Gasteiger partial charge in [-0.05, 0) is 223 Å². The number of aromatic nitrogens is 6. The van der Waals surface area contributed by atoms with Gasteiger partial charge in [0.1, 0.15) is 0 Å². The monoisotopic (exact) mass is 1730 g/mol. The van der Waals surface area contributed by atoms with E-state index in [9.17, 15) is 0 Å². The first kappa shape index (κ1) is 78.9. The third kappa shape index (κ3) is 13.6. The molecule has 0 radical (unpaired) electrons. The van der Waals surface area contributed by atoms with E-state index in [-0.39, 0.29) is 0 Å². The minimum atomic E-state index is 0.850. The predicted molar refractivity (Wildman–Crippen MR) is 573 cm³/mol. The van der Waals surface area contributed by atoms with Gasteiger partial charge in [-0.15, -0.1) is 0 Å². The SMILES string of the molecule is c1ccc(-c2ccc(-c3ccc(-c4nc5ccccc5nc4-c4ccc(-n5c6ccc7ccccc7c6c6c7ccc(-c8ccccc8)cc7ccc65)c5ccccc45)cc3)cc2)cc1.c1ccc(-c2cccc(-c3ccc(-c4nc5ccccc5nc4-c4ccc(-n5c6ccc7ccccc7c6c6c7ccccc7c(-c7cccc(-c8ccccc8)c7)cc65)c5ccccc45)cc3)c2)cc1. The summed E-state index contributed by atoms with van der Waals surface area (Å²) in [4.78, 5) is 21.6. The molecule has 632 valence electrons. The van der Waals surface area contributed by atoms with Gasteiger partial charge in [-0.3, -0.25) is 0 Å². The van der Waals surface area contributed by atoms with Crippen molar-refractivity contribution in [1.29, 1.82) is 0 Å². The fourth-order valence-corrected chi connectivity index (χ4v) is 21.1. The molecule has 0 N–H and O–H groups in total. The molecule has 0 atom stereocenters. The zero-order valence-electron chi connectivity index (χ0n) is 74.0. The number of hydrogen-bond acceptors (Lipinski definition) is 4. The van der Waals surface area contributed by atoms with Crippen LogP contribution in [0.2, 0.25) is 0 Å². The van der Waals surface area contributed by atoms with Crippen LogP contribution in [0.5, 0.6) is 0 Å². The smallest absolute Gasteiger partial charge is 0.0979 e. The Morgan fingerprint density at radius 1 is 0.132 bits per heavy atom. The maximum atomic E-state index is 5.46. The highest BCUT2D eigenvalue weighted by molar-refractivity contribution is 6.32. The van der Waals surface area contributed by atoms with E-state index in [0.29, 0.717) is 0 Å². The molecule has 4 aromatic heterocycles. The summed E-state index contributed by atoms with van der Waals surface area (Å²) in [5.74, 6) is 0. The molecule has 27 rings (SSSR count). The van der Waals surface area contributed by atoms with Crippen LogP contribution in [0.3, 0.4) is 0 Å². The van der Waals surface area contributed by atoms with E-state index in [1.807, 2.05) is 24.3 Å². The van der Waals surface area contributed by atoms with Crippen molar-refractivity contribution in [3.05, 3.63) is 497 Å². The van der Waals surface area contributed by atoms with Gasteiger partial charge in [0.2, 0.25) is 0 Å². The van der Waals surface area contributed by atoms with E-state index in [4.69, 9.17) is 19.9 Å². The number of rotatable bonds is 13. The highest BCUT2D eigenvalue weighted by atomic mass is 15.0. The van der Waals surface area contributed by atoms with Gasteiger partial charge >= 0.3 is 0 Å². The van der Waals surface area contributed by atoms with Gasteiger partial charge in [-0.1, -0.05) is 406 Å². The van der Waals surface area contributed by atoms with E-state index in [1.165, 1.54) is 142 Å². The van der Waals surface area contributed by atoms with E-state index in [0.717, 1.165) is 122 Å². The molecule has 0 amide bonds. The van der Waals surface area contributed by atoms with Crippen molar-refractivity contribution in [2.24, 2.45) is 0 Å². The van der Waals surface area contributed by atoms with Gasteiger partial charge in [0.05, 0.1) is 78.3 Å². The Morgan fingerprint density at radius 3 is 0.831 bits per heavy atom. The fraction of sp³-hybridized carbons (Fsp3) is 0. The van der Waals surface area contributed by atoms with E-state index < -0.39 is 0 Å². The summed E-state index contributed by atoms with van der Waals surface area (Å²) in [7, 11) is 0. The lowest BCUT2D eigenvalue weighted by atomic mass is 9.92. The Labute approximate surface area is 785 Å². The molecule has 0 spiro atoms. The predicted octanol–water partition coefficient (Wildman–Crippen LogP) is 34.7. The zero-order valence-corrected chi connectivity index (χ0v) is 74.0. The highest BCUT2D eigenvalue weighted by Crippen LogP contribution is 2.50. The lowest BCUT2D eigenvalue weighted by Crippen LogP contribution is -1.99. The van der Waals surface area contributed by atoms with Crippen LogP contribution in [0.25, 0.3) is 265 Å². The average molecular weight is 1730 g/mol. The molecule has 0 fully saturated rings. The zero-order chi connectivity index (χ0) is 89.7. The normalized spacial score (nSPS) is 11.7. The Balaban J connectivity index is 0.000000142. The van der Waals surface area contributed by atoms with Crippen molar-refractivity contribution in [3.63, 3.8) is 0 Å². The third-order valence-corrected chi connectivity index (χ3v) is 27.6. The largest absolute Gasteiger partial charge is 0.309 e. The summed E-state index contributed by atoms with van der Waals surface area (Å²) in [6, 6.07) is 179. The minimum absolute atomic E-state index is 0.850. The molecule has 23 aromatic carbocycles. The van der Waals surface area contributed by atoms with Gasteiger partial charge in [0, 0.05) is 54.6 Å². The molecule has 0 aliphatic carbocycles. The van der Waals surface area contributed by atoms with Crippen LogP contribution < -0.4 is 0 Å². The summed E-state index contributed by atoms with van der Waals surface area (Å²) < 4.78 is 4.99. The van der Waals surface area contributed by atoms with E-state index >= 15 is 0 Å². The first-order chi connectivity index (χ1) is 67.4. The average Bonchev–Trinajstić information content (AvgIpc) is 1.55. The highest BCUT2D eigenvalue weighted by Gasteiger charge is 2.27. The number of benzene rings is 23. The summed E-state index contributed by atoms with van der Waals surface area (Å²) in [5, 5.41) is 19.4.